The Balaban J connectivity index is 2.15. The van der Waals surface area contributed by atoms with Crippen LogP contribution in [0.25, 0.3) is 0 Å². The van der Waals surface area contributed by atoms with Crippen molar-refractivity contribution in [2.45, 2.75) is 45.3 Å². The summed E-state index contributed by atoms with van der Waals surface area (Å²) >= 11 is 0. The predicted molar refractivity (Wildman–Crippen MR) is 76.9 cm³/mol. The van der Waals surface area contributed by atoms with E-state index in [1.165, 1.54) is 12.1 Å². The molecular weight excluding hydrogens is 255 g/mol. The minimum absolute atomic E-state index is 0.300. The maximum Gasteiger partial charge on any atom is 0.123 e. The zero-order chi connectivity index (χ0) is 14.8. The molecule has 0 bridgehead atoms. The smallest absolute Gasteiger partial charge is 0.123 e. The van der Waals surface area contributed by atoms with E-state index in [1.807, 2.05) is 16.9 Å². The summed E-state index contributed by atoms with van der Waals surface area (Å²) in [5.74, 6) is -0.300. The van der Waals surface area contributed by atoms with Crippen LogP contribution in [0.1, 0.15) is 44.5 Å². The maximum atomic E-state index is 12.9. The third-order valence-corrected chi connectivity index (χ3v) is 3.70. The first kappa shape index (κ1) is 14.7. The van der Waals surface area contributed by atoms with Gasteiger partial charge in [0.2, 0.25) is 0 Å². The predicted octanol–water partition coefficient (Wildman–Crippen LogP) is 3.44. The van der Waals surface area contributed by atoms with E-state index < -0.39 is 5.60 Å². The van der Waals surface area contributed by atoms with E-state index in [9.17, 15) is 9.50 Å². The Morgan fingerprint density at radius 1 is 1.30 bits per heavy atom. The van der Waals surface area contributed by atoms with E-state index in [2.05, 4.69) is 18.9 Å². The molecule has 4 heteroatoms. The van der Waals surface area contributed by atoms with Gasteiger partial charge in [0.25, 0.3) is 0 Å². The van der Waals surface area contributed by atoms with E-state index in [1.54, 1.807) is 19.1 Å². The summed E-state index contributed by atoms with van der Waals surface area (Å²) in [6.45, 7) is 5.94. The first-order valence-electron chi connectivity index (χ1n) is 6.95. The van der Waals surface area contributed by atoms with Crippen molar-refractivity contribution in [1.82, 2.24) is 9.78 Å². The van der Waals surface area contributed by atoms with Crippen molar-refractivity contribution >= 4 is 0 Å². The van der Waals surface area contributed by atoms with E-state index in [-0.39, 0.29) is 5.82 Å². The van der Waals surface area contributed by atoms with Crippen LogP contribution in [0, 0.1) is 5.82 Å². The monoisotopic (exact) mass is 276 g/mol. The molecule has 2 unspecified atom stereocenters. The highest BCUT2D eigenvalue weighted by atomic mass is 19.1. The molecule has 0 amide bonds. The Labute approximate surface area is 119 Å². The van der Waals surface area contributed by atoms with Gasteiger partial charge in [-0.25, -0.2) is 4.39 Å². The highest BCUT2D eigenvalue weighted by molar-refractivity contribution is 5.24. The fourth-order valence-corrected chi connectivity index (χ4v) is 2.17. The molecule has 1 aromatic heterocycles. The first-order valence-corrected chi connectivity index (χ1v) is 6.95. The van der Waals surface area contributed by atoms with Crippen molar-refractivity contribution in [1.29, 1.82) is 0 Å². The Morgan fingerprint density at radius 3 is 2.55 bits per heavy atom. The summed E-state index contributed by atoms with van der Waals surface area (Å²) in [6.07, 6.45) is 3.35. The molecule has 0 aliphatic carbocycles. The molecule has 0 spiro atoms. The molecule has 1 aromatic carbocycles. The molecule has 2 atom stereocenters. The Bertz CT molecular complexity index is 560. The van der Waals surface area contributed by atoms with Gasteiger partial charge in [0.05, 0.1) is 11.3 Å². The zero-order valence-electron chi connectivity index (χ0n) is 12.2. The maximum absolute atomic E-state index is 12.9. The minimum Gasteiger partial charge on any atom is -0.385 e. The van der Waals surface area contributed by atoms with Crippen molar-refractivity contribution in [3.05, 3.63) is 53.6 Å². The van der Waals surface area contributed by atoms with Crippen LogP contribution in [0.2, 0.25) is 0 Å². The van der Waals surface area contributed by atoms with Crippen LogP contribution in [0.15, 0.2) is 36.5 Å². The number of nitrogens with zero attached hydrogens (tertiary/aromatic N) is 2. The highest BCUT2D eigenvalue weighted by Crippen LogP contribution is 2.25. The molecule has 3 nitrogen and oxygen atoms in total. The van der Waals surface area contributed by atoms with Crippen molar-refractivity contribution in [3.8, 4) is 0 Å². The molecule has 0 saturated heterocycles. The highest BCUT2D eigenvalue weighted by Gasteiger charge is 2.25. The largest absolute Gasteiger partial charge is 0.385 e. The SMILES string of the molecule is CCC(C)n1ccc(CC(C)(O)c2ccc(F)cc2)n1. The molecule has 0 aliphatic heterocycles. The van der Waals surface area contributed by atoms with Gasteiger partial charge in [0.1, 0.15) is 5.82 Å². The Hall–Kier alpha value is -1.68. The second kappa shape index (κ2) is 5.75. The second-order valence-electron chi connectivity index (χ2n) is 5.50. The van der Waals surface area contributed by atoms with Gasteiger partial charge < -0.3 is 5.11 Å². The van der Waals surface area contributed by atoms with E-state index in [0.717, 1.165) is 12.1 Å². The van der Waals surface area contributed by atoms with E-state index in [4.69, 9.17) is 0 Å². The van der Waals surface area contributed by atoms with Crippen LogP contribution in [-0.4, -0.2) is 14.9 Å². The van der Waals surface area contributed by atoms with Crippen molar-refractivity contribution < 1.29 is 9.50 Å². The van der Waals surface area contributed by atoms with Crippen LogP contribution in [0.3, 0.4) is 0 Å². The summed E-state index contributed by atoms with van der Waals surface area (Å²) in [5.41, 5.74) is 0.471. The molecular formula is C16H21FN2O. The van der Waals surface area contributed by atoms with Gasteiger partial charge in [-0.1, -0.05) is 19.1 Å². The van der Waals surface area contributed by atoms with Crippen molar-refractivity contribution in [3.63, 3.8) is 0 Å². The molecule has 108 valence electrons. The third-order valence-electron chi connectivity index (χ3n) is 3.70. The number of hydrogen-bond acceptors (Lipinski definition) is 2. The van der Waals surface area contributed by atoms with Crippen LogP contribution in [-0.2, 0) is 12.0 Å². The number of benzene rings is 1. The van der Waals surface area contributed by atoms with Gasteiger partial charge in [0, 0.05) is 18.7 Å². The molecule has 0 fully saturated rings. The minimum atomic E-state index is -1.05. The van der Waals surface area contributed by atoms with Gasteiger partial charge in [0.15, 0.2) is 0 Å². The Kier molecular flexibility index (Phi) is 4.23. The number of aromatic nitrogens is 2. The molecule has 20 heavy (non-hydrogen) atoms. The first-order chi connectivity index (χ1) is 9.42. The van der Waals surface area contributed by atoms with Crippen LogP contribution in [0.5, 0.6) is 0 Å². The standard InChI is InChI=1S/C16H21FN2O/c1-4-12(2)19-10-9-15(18-19)11-16(3,20)13-5-7-14(17)8-6-13/h5-10,12,20H,4,11H2,1-3H3. The average Bonchev–Trinajstić information content (AvgIpc) is 2.86. The van der Waals surface area contributed by atoms with Gasteiger partial charge >= 0.3 is 0 Å². The van der Waals surface area contributed by atoms with Crippen LogP contribution >= 0.6 is 0 Å². The van der Waals surface area contributed by atoms with Gasteiger partial charge in [-0.05, 0) is 44.0 Å². The van der Waals surface area contributed by atoms with Crippen LogP contribution < -0.4 is 0 Å². The van der Waals surface area contributed by atoms with E-state index >= 15 is 0 Å². The summed E-state index contributed by atoms with van der Waals surface area (Å²) in [6, 6.07) is 8.22. The lowest BCUT2D eigenvalue weighted by molar-refractivity contribution is 0.0563. The molecule has 0 radical (unpaired) electrons. The lowest BCUT2D eigenvalue weighted by atomic mass is 9.91. The fraction of sp³-hybridized carbons (Fsp3) is 0.438. The molecule has 0 saturated carbocycles. The lowest BCUT2D eigenvalue weighted by Gasteiger charge is -2.23. The fourth-order valence-electron chi connectivity index (χ4n) is 2.17. The van der Waals surface area contributed by atoms with Crippen molar-refractivity contribution in [2.24, 2.45) is 0 Å². The zero-order valence-corrected chi connectivity index (χ0v) is 12.2. The Morgan fingerprint density at radius 2 is 1.95 bits per heavy atom. The third kappa shape index (κ3) is 3.25. The molecule has 0 aliphatic rings. The molecule has 2 rings (SSSR count). The van der Waals surface area contributed by atoms with Gasteiger partial charge in [-0.2, -0.15) is 5.10 Å². The van der Waals surface area contributed by atoms with E-state index in [0.29, 0.717) is 18.0 Å². The normalized spacial score (nSPS) is 15.8. The summed E-state index contributed by atoms with van der Waals surface area (Å²) in [7, 11) is 0. The summed E-state index contributed by atoms with van der Waals surface area (Å²) in [5, 5.41) is 15.1. The second-order valence-corrected chi connectivity index (χ2v) is 5.50. The number of hydrogen-bond donors (Lipinski definition) is 1. The summed E-state index contributed by atoms with van der Waals surface area (Å²) < 4.78 is 14.8. The quantitative estimate of drug-likeness (QED) is 0.908. The van der Waals surface area contributed by atoms with Gasteiger partial charge in [-0.15, -0.1) is 0 Å². The number of rotatable bonds is 5. The molecule has 2 aromatic rings. The van der Waals surface area contributed by atoms with Crippen molar-refractivity contribution in [2.75, 3.05) is 0 Å². The topological polar surface area (TPSA) is 38.0 Å². The summed E-state index contributed by atoms with van der Waals surface area (Å²) in [4.78, 5) is 0. The number of aliphatic hydroxyl groups is 1. The lowest BCUT2D eigenvalue weighted by Crippen LogP contribution is -2.24. The van der Waals surface area contributed by atoms with Crippen LogP contribution in [0.4, 0.5) is 4.39 Å². The number of halogens is 1. The average molecular weight is 276 g/mol. The molecule has 1 N–H and O–H groups in total. The van der Waals surface area contributed by atoms with Gasteiger partial charge in [-0.3, -0.25) is 4.68 Å². The molecule has 1 heterocycles.